The maximum absolute atomic E-state index is 5.70. The minimum Gasteiger partial charge on any atom is -0.223 e. The second kappa shape index (κ2) is 2.95. The van der Waals surface area contributed by atoms with Crippen LogP contribution in [0.5, 0.6) is 0 Å². The Morgan fingerprint density at radius 2 is 2.33 bits per heavy atom. The molecule has 1 aromatic heterocycles. The predicted molar refractivity (Wildman–Crippen MR) is 45.2 cm³/mol. The zero-order chi connectivity index (χ0) is 8.39. The molecule has 59 valence electrons. The Hall–Kier alpha value is -1.35. The second-order valence-electron chi connectivity index (χ2n) is 2.23. The Bertz CT molecular complexity index is 352. The molecule has 0 aliphatic carbocycles. The zero-order valence-electron chi connectivity index (χ0n) is 6.11. The lowest BCUT2D eigenvalue weighted by atomic mass is 10.3. The van der Waals surface area contributed by atoms with E-state index < -0.39 is 0 Å². The highest BCUT2D eigenvalue weighted by Gasteiger charge is 1.95. The Labute approximate surface area is 74.6 Å². The van der Waals surface area contributed by atoms with Gasteiger partial charge in [-0.05, 0) is 18.2 Å². The summed E-state index contributed by atoms with van der Waals surface area (Å²) in [5.74, 6) is 0. The number of nitrogens with zero attached hydrogens (tertiary/aromatic N) is 3. The minimum atomic E-state index is 0.666. The van der Waals surface area contributed by atoms with Crippen molar-refractivity contribution in [2.24, 2.45) is 0 Å². The van der Waals surface area contributed by atoms with Gasteiger partial charge < -0.3 is 0 Å². The molecule has 0 saturated heterocycles. The average molecular weight is 179 g/mol. The summed E-state index contributed by atoms with van der Waals surface area (Å²) in [7, 11) is 0. The van der Waals surface area contributed by atoms with Crippen LogP contribution in [-0.4, -0.2) is 14.8 Å². The van der Waals surface area contributed by atoms with Crippen LogP contribution in [0.15, 0.2) is 30.9 Å². The molecule has 0 amide bonds. The summed E-state index contributed by atoms with van der Waals surface area (Å²) >= 11 is 5.70. The topological polar surface area (TPSA) is 30.7 Å². The molecular formula is C8H5ClN3. The van der Waals surface area contributed by atoms with E-state index in [0.29, 0.717) is 5.02 Å². The molecule has 3 nitrogen and oxygen atoms in total. The third-order valence-corrected chi connectivity index (χ3v) is 1.66. The van der Waals surface area contributed by atoms with Crippen LogP contribution in [0.4, 0.5) is 0 Å². The van der Waals surface area contributed by atoms with Gasteiger partial charge in [-0.3, -0.25) is 0 Å². The van der Waals surface area contributed by atoms with Crippen LogP contribution in [-0.2, 0) is 0 Å². The lowest BCUT2D eigenvalue weighted by Gasteiger charge is -1.97. The maximum atomic E-state index is 5.70. The molecule has 0 fully saturated rings. The van der Waals surface area contributed by atoms with Crippen molar-refractivity contribution in [1.29, 1.82) is 0 Å². The van der Waals surface area contributed by atoms with Gasteiger partial charge in [0.1, 0.15) is 12.7 Å². The molecule has 2 rings (SSSR count). The van der Waals surface area contributed by atoms with Crippen molar-refractivity contribution >= 4 is 11.6 Å². The Kier molecular flexibility index (Phi) is 1.80. The van der Waals surface area contributed by atoms with E-state index in [4.69, 9.17) is 11.6 Å². The molecule has 1 aromatic carbocycles. The molecule has 1 radical (unpaired) electrons. The highest BCUT2D eigenvalue weighted by molar-refractivity contribution is 6.30. The third-order valence-electron chi connectivity index (χ3n) is 1.42. The van der Waals surface area contributed by atoms with E-state index in [1.807, 2.05) is 6.07 Å². The van der Waals surface area contributed by atoms with E-state index in [0.717, 1.165) is 5.69 Å². The van der Waals surface area contributed by atoms with E-state index in [1.54, 1.807) is 23.1 Å². The first-order valence-electron chi connectivity index (χ1n) is 3.38. The summed E-state index contributed by atoms with van der Waals surface area (Å²) in [6, 6.07) is 8.28. The molecule has 0 saturated carbocycles. The van der Waals surface area contributed by atoms with Gasteiger partial charge in [-0.2, -0.15) is 5.10 Å². The van der Waals surface area contributed by atoms with Crippen molar-refractivity contribution in [2.75, 3.05) is 0 Å². The van der Waals surface area contributed by atoms with Gasteiger partial charge in [-0.15, -0.1) is 0 Å². The smallest absolute Gasteiger partial charge is 0.138 e. The van der Waals surface area contributed by atoms with Gasteiger partial charge in [0, 0.05) is 11.1 Å². The highest BCUT2D eigenvalue weighted by atomic mass is 35.5. The van der Waals surface area contributed by atoms with Crippen LogP contribution >= 0.6 is 11.6 Å². The van der Waals surface area contributed by atoms with E-state index in [-0.39, 0.29) is 0 Å². The second-order valence-corrected chi connectivity index (χ2v) is 2.67. The predicted octanol–water partition coefficient (Wildman–Crippen LogP) is 1.72. The van der Waals surface area contributed by atoms with E-state index in [1.165, 1.54) is 6.33 Å². The van der Waals surface area contributed by atoms with Crippen LogP contribution in [0.1, 0.15) is 0 Å². The van der Waals surface area contributed by atoms with Gasteiger partial charge in [-0.25, -0.2) is 9.67 Å². The lowest BCUT2D eigenvalue weighted by molar-refractivity contribution is 0.877. The quantitative estimate of drug-likeness (QED) is 0.666. The largest absolute Gasteiger partial charge is 0.223 e. The van der Waals surface area contributed by atoms with Crippen LogP contribution in [0.25, 0.3) is 5.69 Å². The molecule has 2 aromatic rings. The molecule has 12 heavy (non-hydrogen) atoms. The number of benzene rings is 1. The molecule has 0 unspecified atom stereocenters. The van der Waals surface area contributed by atoms with Gasteiger partial charge in [-0.1, -0.05) is 11.6 Å². The summed E-state index contributed by atoms with van der Waals surface area (Å²) in [4.78, 5) is 3.82. The Morgan fingerprint density at radius 3 is 2.92 bits per heavy atom. The molecule has 4 heteroatoms. The molecular weight excluding hydrogens is 174 g/mol. The van der Waals surface area contributed by atoms with Crippen molar-refractivity contribution in [2.45, 2.75) is 0 Å². The Balaban J connectivity index is 2.43. The summed E-state index contributed by atoms with van der Waals surface area (Å²) in [6.07, 6.45) is 3.09. The van der Waals surface area contributed by atoms with Gasteiger partial charge in [0.05, 0.1) is 5.69 Å². The summed E-state index contributed by atoms with van der Waals surface area (Å²) in [5.41, 5.74) is 0.830. The fourth-order valence-electron chi connectivity index (χ4n) is 0.873. The SMILES string of the molecule is Clc1c[c]c(-n2cncn2)cc1. The molecule has 0 atom stereocenters. The number of aromatic nitrogens is 3. The van der Waals surface area contributed by atoms with Crippen LogP contribution < -0.4 is 0 Å². The standard InChI is InChI=1S/C8H5ClN3/c9-7-1-3-8(4-2-7)12-6-10-5-11-12/h1-3,5-6H. The van der Waals surface area contributed by atoms with Gasteiger partial charge in [0.2, 0.25) is 0 Å². The Morgan fingerprint density at radius 1 is 1.42 bits per heavy atom. The van der Waals surface area contributed by atoms with Crippen molar-refractivity contribution in [1.82, 2.24) is 14.8 Å². The maximum Gasteiger partial charge on any atom is 0.138 e. The number of hydrogen-bond donors (Lipinski definition) is 0. The molecule has 0 spiro atoms. The van der Waals surface area contributed by atoms with Gasteiger partial charge >= 0.3 is 0 Å². The minimum absolute atomic E-state index is 0.666. The number of hydrogen-bond acceptors (Lipinski definition) is 2. The van der Waals surface area contributed by atoms with Crippen LogP contribution in [0.3, 0.4) is 0 Å². The first kappa shape index (κ1) is 7.31. The average Bonchev–Trinajstić information content (AvgIpc) is 2.58. The van der Waals surface area contributed by atoms with Crippen molar-refractivity contribution < 1.29 is 0 Å². The van der Waals surface area contributed by atoms with Gasteiger partial charge in [0.15, 0.2) is 0 Å². The van der Waals surface area contributed by atoms with E-state index in [9.17, 15) is 0 Å². The number of halogens is 1. The molecule has 1 heterocycles. The van der Waals surface area contributed by atoms with E-state index >= 15 is 0 Å². The monoisotopic (exact) mass is 178 g/mol. The van der Waals surface area contributed by atoms with Crippen molar-refractivity contribution in [3.63, 3.8) is 0 Å². The van der Waals surface area contributed by atoms with Crippen LogP contribution in [0.2, 0.25) is 5.02 Å². The molecule has 0 bridgehead atoms. The normalized spacial score (nSPS) is 10.1. The van der Waals surface area contributed by atoms with Crippen LogP contribution in [0, 0.1) is 6.07 Å². The van der Waals surface area contributed by atoms with Crippen molar-refractivity contribution in [3.05, 3.63) is 41.9 Å². The molecule has 0 N–H and O–H groups in total. The zero-order valence-corrected chi connectivity index (χ0v) is 6.86. The first-order valence-corrected chi connectivity index (χ1v) is 3.76. The molecule has 0 aliphatic rings. The fourth-order valence-corrected chi connectivity index (χ4v) is 0.990. The summed E-state index contributed by atoms with van der Waals surface area (Å²) < 4.78 is 1.62. The molecule has 0 aliphatic heterocycles. The van der Waals surface area contributed by atoms with Crippen molar-refractivity contribution in [3.8, 4) is 5.69 Å². The first-order chi connectivity index (χ1) is 5.86. The summed E-state index contributed by atoms with van der Waals surface area (Å²) in [5, 5.41) is 4.61. The number of rotatable bonds is 1. The summed E-state index contributed by atoms with van der Waals surface area (Å²) in [6.45, 7) is 0. The fraction of sp³-hybridized carbons (Fsp3) is 0. The van der Waals surface area contributed by atoms with Gasteiger partial charge in [0.25, 0.3) is 0 Å². The third kappa shape index (κ3) is 1.31. The lowest BCUT2D eigenvalue weighted by Crippen LogP contribution is -1.93. The highest BCUT2D eigenvalue weighted by Crippen LogP contribution is 2.10. The van der Waals surface area contributed by atoms with E-state index in [2.05, 4.69) is 16.1 Å².